The lowest BCUT2D eigenvalue weighted by Gasteiger charge is -2.12. The van der Waals surface area contributed by atoms with Crippen molar-refractivity contribution in [3.8, 4) is 5.75 Å². The van der Waals surface area contributed by atoms with E-state index in [1.807, 2.05) is 13.0 Å². The van der Waals surface area contributed by atoms with E-state index in [9.17, 15) is 13.2 Å². The molecule has 2 N–H and O–H groups in total. The lowest BCUT2D eigenvalue weighted by molar-refractivity contribution is 0.102. The summed E-state index contributed by atoms with van der Waals surface area (Å²) in [5.74, 6) is -0.0760. The molecule has 0 aliphatic heterocycles. The third-order valence-electron chi connectivity index (χ3n) is 4.08. The number of aromatic nitrogens is 1. The summed E-state index contributed by atoms with van der Waals surface area (Å²) < 4.78 is 37.8. The minimum absolute atomic E-state index is 0.0303. The molecule has 8 nitrogen and oxygen atoms in total. The van der Waals surface area contributed by atoms with Gasteiger partial charge in [-0.1, -0.05) is 23.7 Å². The molecule has 0 atom stereocenters. The van der Waals surface area contributed by atoms with Crippen LogP contribution < -0.4 is 14.8 Å². The Morgan fingerprint density at radius 1 is 1.34 bits per heavy atom. The van der Waals surface area contributed by atoms with Gasteiger partial charge in [0.15, 0.2) is 0 Å². The summed E-state index contributed by atoms with van der Waals surface area (Å²) in [5.41, 5.74) is 1.79. The molecule has 0 unspecified atom stereocenters. The quantitative estimate of drug-likeness (QED) is 0.548. The van der Waals surface area contributed by atoms with Crippen LogP contribution in [0.4, 0.5) is 11.6 Å². The number of hydrogen-bond donors (Lipinski definition) is 2. The first kappa shape index (κ1) is 21.2. The van der Waals surface area contributed by atoms with Crippen LogP contribution in [0.25, 0.3) is 0 Å². The second-order valence-electron chi connectivity index (χ2n) is 5.96. The number of nitrogens with one attached hydrogen (secondary N) is 2. The van der Waals surface area contributed by atoms with E-state index >= 15 is 0 Å². The highest BCUT2D eigenvalue weighted by molar-refractivity contribution is 7.93. The molecule has 1 aromatic carbocycles. The zero-order chi connectivity index (χ0) is 21.2. The average molecular weight is 456 g/mol. The summed E-state index contributed by atoms with van der Waals surface area (Å²) in [6.45, 7) is 3.52. The number of rotatable bonds is 7. The molecule has 11 heteroatoms. The largest absolute Gasteiger partial charge is 0.497 e. The molecule has 0 saturated carbocycles. The van der Waals surface area contributed by atoms with E-state index in [1.54, 1.807) is 26.2 Å². The monoisotopic (exact) mass is 455 g/mol. The first-order valence-corrected chi connectivity index (χ1v) is 11.2. The molecule has 3 rings (SSSR count). The van der Waals surface area contributed by atoms with Crippen LogP contribution >= 0.6 is 22.9 Å². The Kier molecular flexibility index (Phi) is 6.15. The number of anilines is 2. The van der Waals surface area contributed by atoms with E-state index in [4.69, 9.17) is 20.9 Å². The van der Waals surface area contributed by atoms with Gasteiger partial charge in [0, 0.05) is 5.69 Å². The van der Waals surface area contributed by atoms with Gasteiger partial charge in [0.25, 0.3) is 21.8 Å². The fourth-order valence-corrected chi connectivity index (χ4v) is 5.06. The van der Waals surface area contributed by atoms with Crippen LogP contribution in [0.5, 0.6) is 5.75 Å². The summed E-state index contributed by atoms with van der Waals surface area (Å²) in [7, 11) is -2.55. The maximum atomic E-state index is 12.8. The predicted octanol–water partition coefficient (Wildman–Crippen LogP) is 4.32. The van der Waals surface area contributed by atoms with E-state index in [1.165, 1.54) is 11.4 Å². The summed E-state index contributed by atoms with van der Waals surface area (Å²) in [4.78, 5) is 12.6. The van der Waals surface area contributed by atoms with Crippen LogP contribution in [-0.4, -0.2) is 26.6 Å². The van der Waals surface area contributed by atoms with E-state index < -0.39 is 15.9 Å². The molecule has 2 heterocycles. The van der Waals surface area contributed by atoms with Gasteiger partial charge in [-0.05, 0) is 48.6 Å². The third-order valence-corrected chi connectivity index (χ3v) is 6.95. The van der Waals surface area contributed by atoms with Crippen molar-refractivity contribution in [3.63, 3.8) is 0 Å². The number of benzene rings is 1. The predicted molar refractivity (Wildman–Crippen MR) is 112 cm³/mol. The first-order chi connectivity index (χ1) is 13.8. The summed E-state index contributed by atoms with van der Waals surface area (Å²) in [6, 6.07) is 6.59. The van der Waals surface area contributed by atoms with Crippen molar-refractivity contribution in [2.75, 3.05) is 17.1 Å². The standard InChI is InChI=1S/C18H18ClN3O5S2/c1-4-11-9-12(26-3)5-6-13(11)20-17(23)16-14(7-8-28-16)29(24,25)22-18-15(19)10(2)21-27-18/h5-9,22H,4H2,1-3H3,(H,20,23). The number of nitrogens with zero attached hydrogens (tertiary/aromatic N) is 1. The van der Waals surface area contributed by atoms with E-state index in [2.05, 4.69) is 15.2 Å². The van der Waals surface area contributed by atoms with Crippen LogP contribution in [-0.2, 0) is 16.4 Å². The number of ether oxygens (including phenoxy) is 1. The second kappa shape index (κ2) is 8.44. The Labute approximate surface area is 176 Å². The fraction of sp³-hybridized carbons (Fsp3) is 0.222. The second-order valence-corrected chi connectivity index (χ2v) is 8.91. The number of hydrogen-bond acceptors (Lipinski definition) is 7. The van der Waals surface area contributed by atoms with Gasteiger partial charge in [0.2, 0.25) is 0 Å². The van der Waals surface area contributed by atoms with Crippen LogP contribution in [0.1, 0.15) is 27.9 Å². The van der Waals surface area contributed by atoms with Crippen LogP contribution in [0.15, 0.2) is 39.1 Å². The molecule has 0 radical (unpaired) electrons. The maximum Gasteiger partial charge on any atom is 0.267 e. The highest BCUT2D eigenvalue weighted by Gasteiger charge is 2.27. The van der Waals surface area contributed by atoms with Crippen molar-refractivity contribution < 1.29 is 22.5 Å². The van der Waals surface area contributed by atoms with E-state index in [-0.39, 0.29) is 20.7 Å². The van der Waals surface area contributed by atoms with Gasteiger partial charge in [0.05, 0.1) is 7.11 Å². The van der Waals surface area contributed by atoms with Gasteiger partial charge in [-0.2, -0.15) is 0 Å². The molecule has 0 spiro atoms. The minimum atomic E-state index is -4.11. The molecule has 1 amide bonds. The zero-order valence-electron chi connectivity index (χ0n) is 15.8. The molecule has 154 valence electrons. The number of methoxy groups -OCH3 is 1. The number of sulfonamides is 1. The number of thiophene rings is 1. The van der Waals surface area contributed by atoms with Crippen molar-refractivity contribution in [2.24, 2.45) is 0 Å². The van der Waals surface area contributed by atoms with Crippen molar-refractivity contribution in [1.82, 2.24) is 5.16 Å². The fourth-order valence-electron chi connectivity index (χ4n) is 2.56. The lowest BCUT2D eigenvalue weighted by Crippen LogP contribution is -2.18. The molecule has 0 bridgehead atoms. The minimum Gasteiger partial charge on any atom is -0.497 e. The van der Waals surface area contributed by atoms with Crippen molar-refractivity contribution in [2.45, 2.75) is 25.2 Å². The van der Waals surface area contributed by atoms with Gasteiger partial charge >= 0.3 is 0 Å². The van der Waals surface area contributed by atoms with Gasteiger partial charge in [0.1, 0.15) is 26.2 Å². The van der Waals surface area contributed by atoms with Gasteiger partial charge in [-0.3, -0.25) is 4.79 Å². The topological polar surface area (TPSA) is 111 Å². The van der Waals surface area contributed by atoms with Crippen LogP contribution in [0.3, 0.4) is 0 Å². The van der Waals surface area contributed by atoms with E-state index in [0.717, 1.165) is 16.9 Å². The van der Waals surface area contributed by atoms with Gasteiger partial charge in [-0.25, -0.2) is 13.1 Å². The third kappa shape index (κ3) is 4.39. The summed E-state index contributed by atoms with van der Waals surface area (Å²) in [6.07, 6.45) is 0.660. The molecule has 0 aliphatic carbocycles. The van der Waals surface area contributed by atoms with Crippen LogP contribution in [0.2, 0.25) is 5.02 Å². The number of halogens is 1. The smallest absolute Gasteiger partial charge is 0.267 e. The molecule has 3 aromatic rings. The highest BCUT2D eigenvalue weighted by atomic mass is 35.5. The summed E-state index contributed by atoms with van der Waals surface area (Å²) in [5, 5.41) is 7.95. The summed E-state index contributed by atoms with van der Waals surface area (Å²) >= 11 is 6.98. The molecule has 0 saturated heterocycles. The molecule has 2 aromatic heterocycles. The molecular weight excluding hydrogens is 438 g/mol. The van der Waals surface area contributed by atoms with Crippen LogP contribution in [0, 0.1) is 6.92 Å². The number of carbonyl (C=O) groups excluding carboxylic acids is 1. The molecule has 0 aliphatic rings. The Morgan fingerprint density at radius 2 is 2.10 bits per heavy atom. The Morgan fingerprint density at radius 3 is 2.72 bits per heavy atom. The van der Waals surface area contributed by atoms with E-state index in [0.29, 0.717) is 23.6 Å². The van der Waals surface area contributed by atoms with Gasteiger partial charge < -0.3 is 14.6 Å². The Hall–Kier alpha value is -2.56. The van der Waals surface area contributed by atoms with Gasteiger partial charge in [-0.15, -0.1) is 11.3 Å². The van der Waals surface area contributed by atoms with Crippen molar-refractivity contribution in [1.29, 1.82) is 0 Å². The lowest BCUT2D eigenvalue weighted by atomic mass is 10.1. The number of amides is 1. The SMILES string of the molecule is CCc1cc(OC)ccc1NC(=O)c1sccc1S(=O)(=O)Nc1onc(C)c1Cl. The Bertz CT molecular complexity index is 1150. The number of carbonyl (C=O) groups is 1. The normalized spacial score (nSPS) is 11.3. The molecule has 0 fully saturated rings. The van der Waals surface area contributed by atoms with Crippen molar-refractivity contribution >= 4 is 50.4 Å². The zero-order valence-corrected chi connectivity index (χ0v) is 18.2. The maximum absolute atomic E-state index is 12.8. The highest BCUT2D eigenvalue weighted by Crippen LogP contribution is 2.30. The number of aryl methyl sites for hydroxylation is 2. The first-order valence-electron chi connectivity index (χ1n) is 8.47. The average Bonchev–Trinajstić information content (AvgIpc) is 3.31. The Balaban J connectivity index is 1.88. The molecular formula is C18H18ClN3O5S2. The van der Waals surface area contributed by atoms with Crippen molar-refractivity contribution in [3.05, 3.63) is 50.8 Å². The molecule has 29 heavy (non-hydrogen) atoms.